The molecule has 1 amide bonds. The Labute approximate surface area is 101 Å². The maximum atomic E-state index is 11.6. The lowest BCUT2D eigenvalue weighted by Gasteiger charge is -2.11. The molecule has 0 aliphatic heterocycles. The van der Waals surface area contributed by atoms with E-state index < -0.39 is 0 Å². The summed E-state index contributed by atoms with van der Waals surface area (Å²) >= 11 is 0. The molecule has 0 aliphatic rings. The molecule has 6 heteroatoms. The van der Waals surface area contributed by atoms with E-state index >= 15 is 0 Å². The monoisotopic (exact) mass is 237 g/mol. The first kappa shape index (κ1) is 13.4. The van der Waals surface area contributed by atoms with Crippen LogP contribution in [0.4, 0.5) is 5.82 Å². The Morgan fingerprint density at radius 2 is 2.18 bits per heavy atom. The van der Waals surface area contributed by atoms with Crippen molar-refractivity contribution in [3.05, 3.63) is 17.8 Å². The highest BCUT2D eigenvalue weighted by molar-refractivity contribution is 5.91. The third kappa shape index (κ3) is 3.99. The van der Waals surface area contributed by atoms with E-state index in [1.54, 1.807) is 26.2 Å². The number of amides is 1. The molecule has 0 fully saturated rings. The van der Waals surface area contributed by atoms with Gasteiger partial charge in [-0.3, -0.25) is 4.79 Å². The molecule has 0 spiro atoms. The molecule has 3 N–H and O–H groups in total. The van der Waals surface area contributed by atoms with Gasteiger partial charge in [0.2, 0.25) is 0 Å². The molecule has 1 atom stereocenters. The highest BCUT2D eigenvalue weighted by atomic mass is 16.2. The molecule has 1 heterocycles. The second-order valence-electron chi connectivity index (χ2n) is 4.05. The van der Waals surface area contributed by atoms with Gasteiger partial charge >= 0.3 is 0 Å². The fraction of sp³-hybridized carbons (Fsp3) is 0.545. The van der Waals surface area contributed by atoms with Crippen LogP contribution in [-0.2, 0) is 0 Å². The van der Waals surface area contributed by atoms with Gasteiger partial charge in [-0.25, -0.2) is 0 Å². The van der Waals surface area contributed by atoms with Crippen LogP contribution in [0.5, 0.6) is 0 Å². The van der Waals surface area contributed by atoms with Crippen LogP contribution in [0.15, 0.2) is 12.1 Å². The second kappa shape index (κ2) is 6.15. The molecule has 0 radical (unpaired) electrons. The molecule has 1 rings (SSSR count). The zero-order valence-corrected chi connectivity index (χ0v) is 10.5. The van der Waals surface area contributed by atoms with Crippen LogP contribution >= 0.6 is 0 Å². The van der Waals surface area contributed by atoms with E-state index in [2.05, 4.69) is 15.5 Å². The summed E-state index contributed by atoms with van der Waals surface area (Å²) < 4.78 is 0. The number of rotatable bonds is 5. The Bertz CT molecular complexity index is 363. The Morgan fingerprint density at radius 3 is 2.65 bits per heavy atom. The summed E-state index contributed by atoms with van der Waals surface area (Å²) in [6.45, 7) is 2.67. The molecule has 0 saturated heterocycles. The number of hydrogen-bond acceptors (Lipinski definition) is 5. The predicted molar refractivity (Wildman–Crippen MR) is 66.8 cm³/mol. The molecule has 6 nitrogen and oxygen atoms in total. The predicted octanol–water partition coefficient (Wildman–Crippen LogP) is 0.328. The molecular weight excluding hydrogens is 218 g/mol. The largest absolute Gasteiger partial charge is 0.367 e. The molecule has 1 aromatic rings. The van der Waals surface area contributed by atoms with E-state index in [0.717, 1.165) is 6.42 Å². The van der Waals surface area contributed by atoms with Crippen molar-refractivity contribution in [2.75, 3.05) is 26.0 Å². The summed E-state index contributed by atoms with van der Waals surface area (Å²) in [4.78, 5) is 13.0. The van der Waals surface area contributed by atoms with E-state index in [9.17, 15) is 4.79 Å². The van der Waals surface area contributed by atoms with Crippen molar-refractivity contribution in [1.29, 1.82) is 0 Å². The summed E-state index contributed by atoms with van der Waals surface area (Å²) in [5.74, 6) is 0.471. The topological polar surface area (TPSA) is 84.1 Å². The summed E-state index contributed by atoms with van der Waals surface area (Å²) in [5, 5.41) is 10.9. The van der Waals surface area contributed by atoms with Crippen molar-refractivity contribution in [2.45, 2.75) is 19.4 Å². The Morgan fingerprint density at radius 1 is 1.47 bits per heavy atom. The molecule has 0 aromatic carbocycles. The quantitative estimate of drug-likeness (QED) is 0.771. The number of carbonyl (C=O) groups is 1. The van der Waals surface area contributed by atoms with Crippen molar-refractivity contribution in [2.24, 2.45) is 5.73 Å². The molecule has 94 valence electrons. The zero-order valence-electron chi connectivity index (χ0n) is 10.5. The summed E-state index contributed by atoms with van der Waals surface area (Å²) in [7, 11) is 3.35. The van der Waals surface area contributed by atoms with Gasteiger partial charge in [-0.2, -0.15) is 0 Å². The van der Waals surface area contributed by atoms with Crippen molar-refractivity contribution in [3.63, 3.8) is 0 Å². The maximum Gasteiger partial charge on any atom is 0.273 e. The lowest BCUT2D eigenvalue weighted by Crippen LogP contribution is -2.28. The Balaban J connectivity index is 2.59. The number of hydrogen-bond donors (Lipinski definition) is 2. The first-order chi connectivity index (χ1) is 8.04. The van der Waals surface area contributed by atoms with E-state index in [4.69, 9.17) is 5.73 Å². The number of nitrogens with one attached hydrogen (secondary N) is 1. The molecule has 17 heavy (non-hydrogen) atoms. The van der Waals surface area contributed by atoms with E-state index in [1.165, 1.54) is 4.90 Å². The van der Waals surface area contributed by atoms with Gasteiger partial charge in [-0.05, 0) is 18.6 Å². The van der Waals surface area contributed by atoms with Gasteiger partial charge in [-0.1, -0.05) is 6.92 Å². The van der Waals surface area contributed by atoms with E-state index in [1.807, 2.05) is 6.92 Å². The smallest absolute Gasteiger partial charge is 0.273 e. The molecule has 1 unspecified atom stereocenters. The normalized spacial score (nSPS) is 12.0. The summed E-state index contributed by atoms with van der Waals surface area (Å²) in [6.07, 6.45) is 0.900. The average Bonchev–Trinajstić information content (AvgIpc) is 2.35. The number of aromatic nitrogens is 2. The van der Waals surface area contributed by atoms with Crippen LogP contribution in [0.3, 0.4) is 0 Å². The first-order valence-electron chi connectivity index (χ1n) is 5.59. The molecule has 0 bridgehead atoms. The van der Waals surface area contributed by atoms with Crippen molar-refractivity contribution in [3.8, 4) is 0 Å². The Kier molecular flexibility index (Phi) is 4.84. The Hall–Kier alpha value is -1.69. The maximum absolute atomic E-state index is 11.6. The highest BCUT2D eigenvalue weighted by Crippen LogP contribution is 2.03. The van der Waals surface area contributed by atoms with Crippen LogP contribution in [-0.4, -0.2) is 47.7 Å². The average molecular weight is 237 g/mol. The number of nitrogens with zero attached hydrogens (tertiary/aromatic N) is 3. The van der Waals surface area contributed by atoms with Crippen LogP contribution < -0.4 is 11.1 Å². The summed E-state index contributed by atoms with van der Waals surface area (Å²) in [5.41, 5.74) is 6.10. The minimum atomic E-state index is -0.158. The lowest BCUT2D eigenvalue weighted by molar-refractivity contribution is 0.0821. The van der Waals surface area contributed by atoms with Gasteiger partial charge in [0.05, 0.1) is 0 Å². The van der Waals surface area contributed by atoms with Gasteiger partial charge < -0.3 is 16.0 Å². The number of anilines is 1. The number of nitrogens with two attached hydrogens (primary N) is 1. The first-order valence-corrected chi connectivity index (χ1v) is 5.59. The number of carbonyl (C=O) groups excluding carboxylic acids is 1. The van der Waals surface area contributed by atoms with Gasteiger partial charge in [-0.15, -0.1) is 10.2 Å². The van der Waals surface area contributed by atoms with Crippen LogP contribution in [0.1, 0.15) is 23.8 Å². The minimum Gasteiger partial charge on any atom is -0.367 e. The van der Waals surface area contributed by atoms with Crippen molar-refractivity contribution < 1.29 is 4.79 Å². The van der Waals surface area contributed by atoms with Crippen molar-refractivity contribution >= 4 is 11.7 Å². The van der Waals surface area contributed by atoms with Gasteiger partial charge in [0.25, 0.3) is 5.91 Å². The summed E-state index contributed by atoms with van der Waals surface area (Å²) in [6, 6.07) is 3.47. The van der Waals surface area contributed by atoms with Gasteiger partial charge in [0.15, 0.2) is 5.69 Å². The van der Waals surface area contributed by atoms with Crippen molar-refractivity contribution in [1.82, 2.24) is 15.1 Å². The second-order valence-corrected chi connectivity index (χ2v) is 4.05. The lowest BCUT2D eigenvalue weighted by atomic mass is 10.2. The minimum absolute atomic E-state index is 0.0971. The molecule has 1 aromatic heterocycles. The van der Waals surface area contributed by atoms with Gasteiger partial charge in [0.1, 0.15) is 5.82 Å². The SMILES string of the molecule is CCC(N)CNc1ccc(C(=O)N(C)C)nn1. The fourth-order valence-electron chi connectivity index (χ4n) is 1.15. The molecule has 0 saturated carbocycles. The highest BCUT2D eigenvalue weighted by Gasteiger charge is 2.10. The van der Waals surface area contributed by atoms with Crippen LogP contribution in [0, 0.1) is 0 Å². The third-order valence-electron chi connectivity index (χ3n) is 2.36. The van der Waals surface area contributed by atoms with Crippen LogP contribution in [0.2, 0.25) is 0 Å². The fourth-order valence-corrected chi connectivity index (χ4v) is 1.15. The zero-order chi connectivity index (χ0) is 12.8. The van der Waals surface area contributed by atoms with Crippen LogP contribution in [0.25, 0.3) is 0 Å². The molecular formula is C11H19N5O. The molecule has 0 aliphatic carbocycles. The van der Waals surface area contributed by atoms with Gasteiger partial charge in [0, 0.05) is 26.7 Å². The van der Waals surface area contributed by atoms with E-state index in [-0.39, 0.29) is 11.9 Å². The van der Waals surface area contributed by atoms with E-state index in [0.29, 0.717) is 18.1 Å². The third-order valence-corrected chi connectivity index (χ3v) is 2.36. The standard InChI is InChI=1S/C11H19N5O/c1-4-8(12)7-13-10-6-5-9(14-15-10)11(17)16(2)3/h5-6,8H,4,7,12H2,1-3H3,(H,13,15).